The van der Waals surface area contributed by atoms with Crippen LogP contribution in [0.25, 0.3) is 16.9 Å². The Hall–Kier alpha value is -2.37. The Labute approximate surface area is 136 Å². The van der Waals surface area contributed by atoms with Gasteiger partial charge in [-0.1, -0.05) is 18.2 Å². The minimum Gasteiger partial charge on any atom is -0.491 e. The average molecular weight is 313 g/mol. The molecule has 0 fully saturated rings. The van der Waals surface area contributed by atoms with Crippen LogP contribution in [0, 0.1) is 0 Å². The van der Waals surface area contributed by atoms with Gasteiger partial charge in [0, 0.05) is 18.9 Å². The molecule has 5 nitrogen and oxygen atoms in total. The first-order valence-electron chi connectivity index (χ1n) is 8.01. The van der Waals surface area contributed by atoms with Gasteiger partial charge in [0.1, 0.15) is 18.0 Å². The van der Waals surface area contributed by atoms with Gasteiger partial charge in [0.25, 0.3) is 0 Å². The molecule has 0 aliphatic heterocycles. The second-order valence-corrected chi connectivity index (χ2v) is 4.98. The molecule has 0 N–H and O–H groups in total. The fourth-order valence-corrected chi connectivity index (χ4v) is 2.30. The van der Waals surface area contributed by atoms with Crippen LogP contribution in [0.5, 0.6) is 5.75 Å². The Morgan fingerprint density at radius 3 is 2.96 bits per heavy atom. The van der Waals surface area contributed by atoms with E-state index in [4.69, 9.17) is 15.6 Å². The summed E-state index contributed by atoms with van der Waals surface area (Å²) in [6, 6.07) is 11.8. The van der Waals surface area contributed by atoms with Gasteiger partial charge in [-0.15, -0.1) is 0 Å². The largest absolute Gasteiger partial charge is 0.491 e. The van der Waals surface area contributed by atoms with Crippen LogP contribution in [0.3, 0.4) is 0 Å². The number of fused-ring (bicyclic) bond motifs is 1. The predicted octanol–water partition coefficient (Wildman–Crippen LogP) is 3.04. The topological polar surface area (TPSA) is 45.0 Å². The van der Waals surface area contributed by atoms with Gasteiger partial charge in [0.15, 0.2) is 0 Å². The van der Waals surface area contributed by atoms with Crippen molar-refractivity contribution < 1.29 is 15.6 Å². The van der Waals surface area contributed by atoms with E-state index < -0.39 is 0 Å². The summed E-state index contributed by atoms with van der Waals surface area (Å²) >= 11 is 0. The summed E-state index contributed by atoms with van der Waals surface area (Å²) in [5.41, 5.74) is 2.74. The summed E-state index contributed by atoms with van der Waals surface area (Å²) in [4.78, 5) is 4.38. The Morgan fingerprint density at radius 2 is 2.04 bits per heavy atom. The summed E-state index contributed by atoms with van der Waals surface area (Å²) in [5.74, 6) is 0.778. The predicted molar refractivity (Wildman–Crippen MR) is 88.8 cm³/mol. The van der Waals surface area contributed by atoms with Crippen LogP contribution in [-0.4, -0.2) is 42.9 Å². The number of imidazole rings is 1. The highest BCUT2D eigenvalue weighted by Crippen LogP contribution is 2.24. The maximum absolute atomic E-state index is 7.78. The molecule has 3 rings (SSSR count). The molecule has 0 amide bonds. The van der Waals surface area contributed by atoms with Gasteiger partial charge in [0.2, 0.25) is 0 Å². The van der Waals surface area contributed by atoms with Gasteiger partial charge in [-0.3, -0.25) is 4.40 Å². The SMILES string of the molecule is [2H]c1ccc2ncc(-c3cccc(OCCOCCOC)c3)n2c1. The van der Waals surface area contributed by atoms with Crippen LogP contribution < -0.4 is 4.74 Å². The van der Waals surface area contributed by atoms with Crippen molar-refractivity contribution in [3.63, 3.8) is 0 Å². The van der Waals surface area contributed by atoms with Gasteiger partial charge in [-0.05, 0) is 24.2 Å². The Bertz CT molecular complexity index is 804. The number of hydrogen-bond acceptors (Lipinski definition) is 4. The molecule has 1 aromatic carbocycles. The van der Waals surface area contributed by atoms with E-state index in [1.807, 2.05) is 40.9 Å². The standard InChI is InChI=1S/C18H20N2O3/c1-21-9-10-22-11-12-23-16-6-4-5-15(13-16)17-14-19-18-7-2-3-8-20(17)18/h2-8,13-14H,9-12H2,1H3/i3D. The van der Waals surface area contributed by atoms with E-state index in [2.05, 4.69) is 4.98 Å². The number of rotatable bonds is 8. The van der Waals surface area contributed by atoms with Crippen LogP contribution in [0.2, 0.25) is 0 Å². The first-order chi connectivity index (χ1) is 11.8. The Balaban J connectivity index is 1.69. The van der Waals surface area contributed by atoms with E-state index >= 15 is 0 Å². The van der Waals surface area contributed by atoms with E-state index in [1.165, 1.54) is 0 Å². The molecule has 0 aliphatic rings. The zero-order valence-electron chi connectivity index (χ0n) is 14.1. The molecule has 0 aliphatic carbocycles. The fourth-order valence-electron chi connectivity index (χ4n) is 2.30. The third-order valence-electron chi connectivity index (χ3n) is 3.42. The Kier molecular flexibility index (Phi) is 4.80. The van der Waals surface area contributed by atoms with E-state index in [-0.39, 0.29) is 0 Å². The molecular formula is C18H20N2O3. The smallest absolute Gasteiger partial charge is 0.137 e. The molecule has 0 atom stereocenters. The minimum absolute atomic E-state index is 0.447. The molecule has 0 saturated heterocycles. The highest BCUT2D eigenvalue weighted by atomic mass is 16.5. The van der Waals surface area contributed by atoms with Gasteiger partial charge in [0.05, 0.1) is 33.1 Å². The Morgan fingerprint density at radius 1 is 1.13 bits per heavy atom. The zero-order valence-corrected chi connectivity index (χ0v) is 13.1. The average Bonchev–Trinajstić information content (AvgIpc) is 3.01. The van der Waals surface area contributed by atoms with Gasteiger partial charge in [-0.2, -0.15) is 0 Å². The van der Waals surface area contributed by atoms with Crippen LogP contribution >= 0.6 is 0 Å². The number of methoxy groups -OCH3 is 1. The summed E-state index contributed by atoms with van der Waals surface area (Å²) < 4.78 is 25.7. The molecule has 3 aromatic rings. The highest BCUT2D eigenvalue weighted by Gasteiger charge is 2.06. The molecule has 0 radical (unpaired) electrons. The molecule has 2 heterocycles. The van der Waals surface area contributed by atoms with Gasteiger partial charge >= 0.3 is 0 Å². The van der Waals surface area contributed by atoms with Crippen LogP contribution in [0.4, 0.5) is 0 Å². The maximum atomic E-state index is 7.78. The number of nitrogens with zero attached hydrogens (tertiary/aromatic N) is 2. The minimum atomic E-state index is 0.447. The van der Waals surface area contributed by atoms with Gasteiger partial charge in [-0.25, -0.2) is 4.98 Å². The van der Waals surface area contributed by atoms with Crippen molar-refractivity contribution in [2.24, 2.45) is 0 Å². The molecule has 0 saturated carbocycles. The van der Waals surface area contributed by atoms with E-state index in [9.17, 15) is 0 Å². The lowest BCUT2D eigenvalue weighted by molar-refractivity contribution is 0.0544. The quantitative estimate of drug-likeness (QED) is 0.600. The lowest BCUT2D eigenvalue weighted by Gasteiger charge is -2.08. The van der Waals surface area contributed by atoms with Crippen LogP contribution in [-0.2, 0) is 9.47 Å². The molecule has 0 spiro atoms. The lowest BCUT2D eigenvalue weighted by atomic mass is 10.1. The second kappa shape index (κ2) is 7.76. The number of pyridine rings is 1. The molecule has 120 valence electrons. The maximum Gasteiger partial charge on any atom is 0.137 e. The van der Waals surface area contributed by atoms with Gasteiger partial charge < -0.3 is 14.2 Å². The molecule has 0 bridgehead atoms. The molecular weight excluding hydrogens is 292 g/mol. The first-order valence-corrected chi connectivity index (χ1v) is 7.51. The number of aromatic nitrogens is 2. The van der Waals surface area contributed by atoms with Crippen molar-refractivity contribution in [3.05, 3.63) is 54.8 Å². The molecule has 5 heteroatoms. The molecule has 2 aromatic heterocycles. The highest BCUT2D eigenvalue weighted by molar-refractivity contribution is 5.65. The van der Waals surface area contributed by atoms with Crippen molar-refractivity contribution in [1.82, 2.24) is 9.38 Å². The van der Waals surface area contributed by atoms with Crippen molar-refractivity contribution >= 4 is 5.65 Å². The summed E-state index contributed by atoms with van der Waals surface area (Å²) in [6.07, 6.45) is 3.57. The summed E-state index contributed by atoms with van der Waals surface area (Å²) in [6.45, 7) is 2.15. The zero-order chi connectivity index (χ0) is 16.8. The second-order valence-electron chi connectivity index (χ2n) is 4.98. The third kappa shape index (κ3) is 3.88. The van der Waals surface area contributed by atoms with E-state index in [0.29, 0.717) is 32.5 Å². The first kappa shape index (κ1) is 14.2. The number of benzene rings is 1. The number of ether oxygens (including phenoxy) is 3. The summed E-state index contributed by atoms with van der Waals surface area (Å²) in [7, 11) is 1.65. The van der Waals surface area contributed by atoms with Crippen LogP contribution in [0.15, 0.2) is 54.8 Å². The molecule has 23 heavy (non-hydrogen) atoms. The van der Waals surface area contributed by atoms with Crippen molar-refractivity contribution in [2.75, 3.05) is 33.5 Å². The monoisotopic (exact) mass is 313 g/mol. The fraction of sp³-hybridized carbons (Fsp3) is 0.278. The number of hydrogen-bond donors (Lipinski definition) is 0. The molecule has 0 unspecified atom stereocenters. The third-order valence-corrected chi connectivity index (χ3v) is 3.42. The van der Waals surface area contributed by atoms with E-state index in [1.54, 1.807) is 19.4 Å². The van der Waals surface area contributed by atoms with Crippen molar-refractivity contribution in [3.8, 4) is 17.0 Å². The van der Waals surface area contributed by atoms with Crippen molar-refractivity contribution in [2.45, 2.75) is 0 Å². The normalized spacial score (nSPS) is 11.6. The van der Waals surface area contributed by atoms with Crippen LogP contribution in [0.1, 0.15) is 1.37 Å². The lowest BCUT2D eigenvalue weighted by Crippen LogP contribution is -2.09. The van der Waals surface area contributed by atoms with E-state index in [0.717, 1.165) is 22.7 Å². The summed E-state index contributed by atoms with van der Waals surface area (Å²) in [5, 5.41) is 0. The van der Waals surface area contributed by atoms with Crippen molar-refractivity contribution in [1.29, 1.82) is 0 Å².